The summed E-state index contributed by atoms with van der Waals surface area (Å²) < 4.78 is 1.06. The lowest BCUT2D eigenvalue weighted by atomic mass is 10.0. The predicted octanol–water partition coefficient (Wildman–Crippen LogP) is 4.49. The lowest BCUT2D eigenvalue weighted by molar-refractivity contribution is 0.443. The molecule has 4 nitrogen and oxygen atoms in total. The van der Waals surface area contributed by atoms with Crippen molar-refractivity contribution >= 4 is 26.8 Å². The molecular formula is C19H20BrN3O. The van der Waals surface area contributed by atoms with Crippen LogP contribution in [0.4, 0.5) is 0 Å². The zero-order chi connectivity index (χ0) is 17.1. The molecule has 0 unspecified atom stereocenters. The van der Waals surface area contributed by atoms with Gasteiger partial charge in [0, 0.05) is 10.5 Å². The van der Waals surface area contributed by atoms with Crippen molar-refractivity contribution < 1.29 is 0 Å². The number of halogens is 1. The lowest BCUT2D eigenvalue weighted by Crippen LogP contribution is -2.27. The second-order valence-corrected chi connectivity index (χ2v) is 6.78. The van der Waals surface area contributed by atoms with E-state index in [0.717, 1.165) is 16.4 Å². The molecule has 124 valence electrons. The number of aromatic nitrogens is 2. The second kappa shape index (κ2) is 7.28. The third-order valence-corrected chi connectivity index (χ3v) is 4.70. The molecule has 0 amide bonds. The molecule has 0 aliphatic rings. The van der Waals surface area contributed by atoms with E-state index in [1.165, 1.54) is 5.56 Å². The van der Waals surface area contributed by atoms with E-state index in [-0.39, 0.29) is 17.6 Å². The molecule has 2 atom stereocenters. The van der Waals surface area contributed by atoms with Crippen molar-refractivity contribution in [1.29, 1.82) is 0 Å². The molecule has 0 saturated carbocycles. The van der Waals surface area contributed by atoms with Gasteiger partial charge in [0.2, 0.25) is 0 Å². The van der Waals surface area contributed by atoms with Gasteiger partial charge in [-0.05, 0) is 43.2 Å². The first-order valence-corrected chi connectivity index (χ1v) is 8.88. The Morgan fingerprint density at radius 1 is 1.17 bits per heavy atom. The summed E-state index contributed by atoms with van der Waals surface area (Å²) in [7, 11) is 0. The standard InChI is InChI=1S/C19H20BrN3O/c1-3-16(13-8-10-14(20)11-9-13)21-12(2)18-22-17-7-5-4-6-15(17)19(24)23-18/h4-12,16,21H,3H2,1-2H3,(H,22,23,24)/t12-,16-/m0/s1. The number of H-pyrrole nitrogens is 1. The Hall–Kier alpha value is -1.98. The summed E-state index contributed by atoms with van der Waals surface area (Å²) >= 11 is 3.46. The molecule has 0 radical (unpaired) electrons. The van der Waals surface area contributed by atoms with Crippen LogP contribution in [0.1, 0.15) is 43.7 Å². The molecule has 0 aliphatic carbocycles. The van der Waals surface area contributed by atoms with E-state index in [2.05, 4.69) is 50.3 Å². The number of hydrogen-bond donors (Lipinski definition) is 2. The minimum atomic E-state index is -0.0964. The lowest BCUT2D eigenvalue weighted by Gasteiger charge is -2.22. The number of benzene rings is 2. The zero-order valence-corrected chi connectivity index (χ0v) is 15.3. The number of fused-ring (bicyclic) bond motifs is 1. The number of para-hydroxylation sites is 1. The molecule has 3 rings (SSSR count). The first kappa shape index (κ1) is 16.9. The summed E-state index contributed by atoms with van der Waals surface area (Å²) in [6, 6.07) is 15.8. The molecular weight excluding hydrogens is 366 g/mol. The number of aromatic amines is 1. The quantitative estimate of drug-likeness (QED) is 0.680. The van der Waals surface area contributed by atoms with Crippen LogP contribution in [0.15, 0.2) is 57.8 Å². The monoisotopic (exact) mass is 385 g/mol. The van der Waals surface area contributed by atoms with Crippen LogP contribution in [-0.2, 0) is 0 Å². The van der Waals surface area contributed by atoms with E-state index in [1.807, 2.05) is 37.3 Å². The minimum Gasteiger partial charge on any atom is -0.309 e. The van der Waals surface area contributed by atoms with E-state index in [9.17, 15) is 4.79 Å². The van der Waals surface area contributed by atoms with E-state index in [1.54, 1.807) is 6.07 Å². The van der Waals surface area contributed by atoms with Gasteiger partial charge >= 0.3 is 0 Å². The van der Waals surface area contributed by atoms with Crippen LogP contribution >= 0.6 is 15.9 Å². The maximum atomic E-state index is 12.2. The summed E-state index contributed by atoms with van der Waals surface area (Å²) in [4.78, 5) is 19.7. The summed E-state index contributed by atoms with van der Waals surface area (Å²) in [6.07, 6.45) is 0.948. The first-order valence-electron chi connectivity index (χ1n) is 8.09. The molecule has 1 heterocycles. The second-order valence-electron chi connectivity index (χ2n) is 5.87. The molecule has 2 aromatic carbocycles. The van der Waals surface area contributed by atoms with Gasteiger partial charge in [-0.2, -0.15) is 0 Å². The van der Waals surface area contributed by atoms with Crippen molar-refractivity contribution in [2.45, 2.75) is 32.4 Å². The van der Waals surface area contributed by atoms with Gasteiger partial charge in [-0.1, -0.05) is 47.1 Å². The SMILES string of the molecule is CC[C@H](N[C@@H](C)c1nc2ccccc2c(=O)[nH]1)c1ccc(Br)cc1. The number of nitrogens with one attached hydrogen (secondary N) is 2. The topological polar surface area (TPSA) is 57.8 Å². The highest BCUT2D eigenvalue weighted by atomic mass is 79.9. The summed E-state index contributed by atoms with van der Waals surface area (Å²) in [5.41, 5.74) is 1.85. The molecule has 0 saturated heterocycles. The molecule has 0 bridgehead atoms. The Labute approximate surface area is 149 Å². The fraction of sp³-hybridized carbons (Fsp3) is 0.263. The van der Waals surface area contributed by atoms with E-state index in [4.69, 9.17) is 0 Å². The van der Waals surface area contributed by atoms with Gasteiger partial charge in [0.15, 0.2) is 0 Å². The Bertz CT molecular complexity index is 889. The van der Waals surface area contributed by atoms with Crippen molar-refractivity contribution in [2.24, 2.45) is 0 Å². The van der Waals surface area contributed by atoms with Gasteiger partial charge in [0.25, 0.3) is 5.56 Å². The number of hydrogen-bond acceptors (Lipinski definition) is 3. The average molecular weight is 386 g/mol. The van der Waals surface area contributed by atoms with Crippen LogP contribution in [-0.4, -0.2) is 9.97 Å². The fourth-order valence-electron chi connectivity index (χ4n) is 2.84. The highest BCUT2D eigenvalue weighted by Gasteiger charge is 2.16. The highest BCUT2D eigenvalue weighted by Crippen LogP contribution is 2.22. The minimum absolute atomic E-state index is 0.0593. The molecule has 0 fully saturated rings. The molecule has 0 aliphatic heterocycles. The van der Waals surface area contributed by atoms with Gasteiger partial charge < -0.3 is 10.3 Å². The molecule has 5 heteroatoms. The fourth-order valence-corrected chi connectivity index (χ4v) is 3.10. The largest absolute Gasteiger partial charge is 0.309 e. The summed E-state index contributed by atoms with van der Waals surface area (Å²) in [5, 5.41) is 4.18. The zero-order valence-electron chi connectivity index (χ0n) is 13.7. The first-order chi connectivity index (χ1) is 11.6. The van der Waals surface area contributed by atoms with Crippen LogP contribution in [0.3, 0.4) is 0 Å². The normalized spacial score (nSPS) is 13.8. The Morgan fingerprint density at radius 3 is 2.58 bits per heavy atom. The molecule has 24 heavy (non-hydrogen) atoms. The van der Waals surface area contributed by atoms with Crippen LogP contribution in [0.25, 0.3) is 10.9 Å². The van der Waals surface area contributed by atoms with Crippen LogP contribution in [0.2, 0.25) is 0 Å². The summed E-state index contributed by atoms with van der Waals surface area (Å²) in [6.45, 7) is 4.16. The van der Waals surface area contributed by atoms with Crippen molar-refractivity contribution in [3.63, 3.8) is 0 Å². The van der Waals surface area contributed by atoms with Crippen molar-refractivity contribution in [3.8, 4) is 0 Å². The van der Waals surface area contributed by atoms with E-state index < -0.39 is 0 Å². The van der Waals surface area contributed by atoms with Crippen LogP contribution in [0.5, 0.6) is 0 Å². The highest BCUT2D eigenvalue weighted by molar-refractivity contribution is 9.10. The third kappa shape index (κ3) is 3.57. The maximum absolute atomic E-state index is 12.2. The van der Waals surface area contributed by atoms with Gasteiger partial charge in [0.05, 0.1) is 16.9 Å². The van der Waals surface area contributed by atoms with Gasteiger partial charge in [0.1, 0.15) is 5.82 Å². The number of nitrogens with zero attached hydrogens (tertiary/aromatic N) is 1. The predicted molar refractivity (Wildman–Crippen MR) is 101 cm³/mol. The van der Waals surface area contributed by atoms with E-state index >= 15 is 0 Å². The Morgan fingerprint density at radius 2 is 1.88 bits per heavy atom. The molecule has 0 spiro atoms. The molecule has 2 N–H and O–H groups in total. The van der Waals surface area contributed by atoms with Crippen molar-refractivity contribution in [3.05, 3.63) is 74.7 Å². The van der Waals surface area contributed by atoms with Gasteiger partial charge in [-0.15, -0.1) is 0 Å². The van der Waals surface area contributed by atoms with Crippen LogP contribution in [0, 0.1) is 0 Å². The van der Waals surface area contributed by atoms with Crippen molar-refractivity contribution in [1.82, 2.24) is 15.3 Å². The van der Waals surface area contributed by atoms with Gasteiger partial charge in [-0.3, -0.25) is 4.79 Å². The molecule has 3 aromatic rings. The molecule has 1 aromatic heterocycles. The van der Waals surface area contributed by atoms with E-state index in [0.29, 0.717) is 11.2 Å². The number of rotatable bonds is 5. The van der Waals surface area contributed by atoms with Crippen LogP contribution < -0.4 is 10.9 Å². The summed E-state index contributed by atoms with van der Waals surface area (Å²) in [5.74, 6) is 0.661. The van der Waals surface area contributed by atoms with Gasteiger partial charge in [-0.25, -0.2) is 4.98 Å². The Balaban J connectivity index is 1.86. The smallest absolute Gasteiger partial charge is 0.258 e. The average Bonchev–Trinajstić information content (AvgIpc) is 2.60. The Kier molecular flexibility index (Phi) is 5.11. The van der Waals surface area contributed by atoms with Crippen molar-refractivity contribution in [2.75, 3.05) is 0 Å². The maximum Gasteiger partial charge on any atom is 0.258 e. The third-order valence-electron chi connectivity index (χ3n) is 4.17.